The highest BCUT2D eigenvalue weighted by Gasteiger charge is 2.34. The highest BCUT2D eigenvalue weighted by molar-refractivity contribution is 6.07. The highest BCUT2D eigenvalue weighted by Crippen LogP contribution is 2.38. The summed E-state index contributed by atoms with van der Waals surface area (Å²) in [5.74, 6) is 2.15. The third-order valence-electron chi connectivity index (χ3n) is 24.6. The van der Waals surface area contributed by atoms with Crippen LogP contribution in [0.2, 0.25) is 0 Å². The molecule has 5 N–H and O–H groups in total. The number of aliphatic hydroxyl groups is 1. The number of hydrogen-bond acceptors (Lipinski definition) is 26. The maximum atomic E-state index is 13.1. The van der Waals surface area contributed by atoms with Crippen molar-refractivity contribution in [1.29, 1.82) is 10.5 Å². The molecule has 0 aliphatic carbocycles. The van der Waals surface area contributed by atoms with Crippen molar-refractivity contribution >= 4 is 75.3 Å². The summed E-state index contributed by atoms with van der Waals surface area (Å²) in [4.78, 5) is 102. The van der Waals surface area contributed by atoms with Crippen molar-refractivity contribution in [2.24, 2.45) is 0 Å². The fraction of sp³-hybridized carbons (Fsp3) is 0.352. The summed E-state index contributed by atoms with van der Waals surface area (Å²) >= 11 is 0. The topological polar surface area (TPSA) is 347 Å². The van der Waals surface area contributed by atoms with Gasteiger partial charge in [-0.3, -0.25) is 39.1 Å². The number of carbonyl (C=O) groups is 4. The van der Waals surface area contributed by atoms with Crippen molar-refractivity contribution < 1.29 is 56.4 Å². The van der Waals surface area contributed by atoms with Crippen molar-refractivity contribution in [2.45, 2.75) is 117 Å². The number of anilines is 9. The van der Waals surface area contributed by atoms with E-state index in [1.165, 1.54) is 12.1 Å². The lowest BCUT2D eigenvalue weighted by Gasteiger charge is -2.39. The van der Waals surface area contributed by atoms with E-state index in [1.54, 1.807) is 101 Å². The number of amides is 4. The number of rotatable bonds is 24. The zero-order chi connectivity index (χ0) is 101. The maximum absolute atomic E-state index is 13.1. The Bertz CT molecular complexity index is 6290. The van der Waals surface area contributed by atoms with Gasteiger partial charge >= 0.3 is 6.18 Å². The van der Waals surface area contributed by atoms with Crippen molar-refractivity contribution in [2.75, 3.05) is 180 Å². The molecule has 4 aromatic carbocycles. The zero-order valence-corrected chi connectivity index (χ0v) is 82.5. The molecule has 16 rings (SSSR count). The minimum atomic E-state index is -4.52. The van der Waals surface area contributed by atoms with E-state index in [9.17, 15) is 48.0 Å². The average molecular weight is 1920 g/mol. The van der Waals surface area contributed by atoms with Crippen LogP contribution in [0, 0.1) is 50.4 Å². The number of aryl methyl sites for hydroxylation is 4. The van der Waals surface area contributed by atoms with Gasteiger partial charge in [-0.15, -0.1) is 0 Å². The molecule has 12 heterocycles. The Morgan fingerprint density at radius 2 is 0.851 bits per heavy atom. The molecule has 4 aliphatic heterocycles. The van der Waals surface area contributed by atoms with Gasteiger partial charge < -0.3 is 79.6 Å². The van der Waals surface area contributed by atoms with E-state index in [1.807, 2.05) is 141 Å². The van der Waals surface area contributed by atoms with Gasteiger partial charge in [0.1, 0.15) is 23.3 Å². The molecule has 33 heteroatoms. The number of aliphatic hydroxyl groups excluding tert-OH is 1. The minimum Gasteiger partial charge on any atom is -0.394 e. The molecule has 0 saturated carbocycles. The molecule has 0 spiro atoms. The van der Waals surface area contributed by atoms with E-state index in [4.69, 9.17) is 18.9 Å². The van der Waals surface area contributed by atoms with Crippen molar-refractivity contribution in [3.63, 3.8) is 0 Å². The zero-order valence-electron chi connectivity index (χ0n) is 82.5. The molecule has 4 fully saturated rings. The Labute approximate surface area is 822 Å². The second kappa shape index (κ2) is 46.9. The van der Waals surface area contributed by atoms with E-state index in [0.29, 0.717) is 97.0 Å². The molecule has 0 unspecified atom stereocenters. The van der Waals surface area contributed by atoms with Crippen LogP contribution in [-0.2, 0) is 36.0 Å². The van der Waals surface area contributed by atoms with Gasteiger partial charge in [0, 0.05) is 155 Å². The predicted molar refractivity (Wildman–Crippen MR) is 545 cm³/mol. The number of aromatic nitrogens is 8. The third-order valence-corrected chi connectivity index (χ3v) is 24.6. The normalized spacial score (nSPS) is 16.6. The van der Waals surface area contributed by atoms with Gasteiger partial charge in [-0.1, -0.05) is 24.3 Å². The molecule has 4 amide bonds. The van der Waals surface area contributed by atoms with Gasteiger partial charge in [-0.25, -0.2) is 19.9 Å². The molecule has 734 valence electrons. The van der Waals surface area contributed by atoms with Crippen LogP contribution in [0.4, 0.5) is 64.9 Å². The summed E-state index contributed by atoms with van der Waals surface area (Å²) in [6.07, 6.45) is 10.7. The number of nitrogens with one attached hydrogen (secondary N) is 4. The van der Waals surface area contributed by atoms with Crippen LogP contribution in [0.5, 0.6) is 0 Å². The quantitative estimate of drug-likeness (QED) is 0.0375. The number of pyridine rings is 8. The minimum absolute atomic E-state index is 0.0665. The Balaban J connectivity index is 0.000000159. The standard InChI is InChI=1S/2C30H36N6O2.C25H24F3N3O3.C23H26N6O2/c2*1-20-7-8-24(34-29(37)23-10-11-32-27(13-23)30(3,4)19-31)15-26(20)22-9-12-33-28(14-22)36-17-25(16-35(5)6)38-18-21(36)2;1-16-5-6-20(30-24(33)18-3-2-4-19(11-18)25(26,27)28)13-22(16)17-7-8-29-23(12-17)31-9-10-34-21(14-31)15-32;1-16-21(17-4-5-25-22(11-17)29-6-8-31-9-7-29)12-19(14-26-16)27-23(30)18-10-20(28(2)3)15-24-13-18/h2*7-15,21,25H,16-18H2,1-6H3,(H,34,37);2-8,11-13,21,32H,9-10,14-15H2,1H3,(H,30,33);4-5,10-15H,6-9H2,1-3H3,(H,27,30)/t2*21-,25-;21-;/m100./s1. The van der Waals surface area contributed by atoms with E-state index in [-0.39, 0.29) is 60.3 Å². The van der Waals surface area contributed by atoms with Crippen molar-refractivity contribution in [3.8, 4) is 56.6 Å². The fourth-order valence-electron chi connectivity index (χ4n) is 16.5. The molecule has 0 radical (unpaired) electrons. The molecular weight excluding hydrogens is 1790 g/mol. The van der Waals surface area contributed by atoms with E-state index >= 15 is 0 Å². The first kappa shape index (κ1) is 104. The lowest BCUT2D eigenvalue weighted by molar-refractivity contribution is -0.137. The van der Waals surface area contributed by atoms with Crippen molar-refractivity contribution in [3.05, 3.63) is 281 Å². The first-order valence-corrected chi connectivity index (χ1v) is 46.7. The Morgan fingerprint density at radius 1 is 0.440 bits per heavy atom. The monoisotopic (exact) mass is 1910 g/mol. The first-order valence-electron chi connectivity index (χ1n) is 46.7. The number of nitrogens with zero attached hydrogens (tertiary/aromatic N) is 17. The lowest BCUT2D eigenvalue weighted by atomic mass is 9.90. The van der Waals surface area contributed by atoms with Crippen LogP contribution in [0.1, 0.15) is 122 Å². The van der Waals surface area contributed by atoms with Crippen LogP contribution in [0.15, 0.2) is 220 Å². The summed E-state index contributed by atoms with van der Waals surface area (Å²) in [6, 6.07) is 52.8. The summed E-state index contributed by atoms with van der Waals surface area (Å²) in [6.45, 7) is 28.7. The largest absolute Gasteiger partial charge is 0.416 e. The summed E-state index contributed by atoms with van der Waals surface area (Å²) in [5, 5.41) is 39.9. The molecule has 0 bridgehead atoms. The van der Waals surface area contributed by atoms with Crippen LogP contribution in [-0.4, -0.2) is 243 Å². The summed E-state index contributed by atoms with van der Waals surface area (Å²) < 4.78 is 62.0. The number of benzene rings is 4. The molecule has 4 saturated heterocycles. The Kier molecular flexibility index (Phi) is 34.6. The molecule has 8 aromatic heterocycles. The predicted octanol–water partition coefficient (Wildman–Crippen LogP) is 16.8. The van der Waals surface area contributed by atoms with Crippen LogP contribution >= 0.6 is 0 Å². The third kappa shape index (κ3) is 27.5. The smallest absolute Gasteiger partial charge is 0.394 e. The second-order valence-corrected chi connectivity index (χ2v) is 37.3. The first-order chi connectivity index (χ1) is 67.4. The Morgan fingerprint density at radius 3 is 1.30 bits per heavy atom. The molecule has 141 heavy (non-hydrogen) atoms. The number of likely N-dealkylation sites (N-methyl/N-ethyl adjacent to an activating group) is 2. The number of morpholine rings is 4. The van der Waals surface area contributed by atoms with Gasteiger partial charge in [0.2, 0.25) is 0 Å². The van der Waals surface area contributed by atoms with Crippen LogP contribution in [0.25, 0.3) is 44.5 Å². The van der Waals surface area contributed by atoms with Gasteiger partial charge in [-0.05, 0) is 293 Å². The van der Waals surface area contributed by atoms with Crippen molar-refractivity contribution in [1.82, 2.24) is 49.7 Å². The van der Waals surface area contributed by atoms with Gasteiger partial charge in [0.25, 0.3) is 23.6 Å². The molecule has 12 aromatic rings. The van der Waals surface area contributed by atoms with Crippen LogP contribution in [0.3, 0.4) is 0 Å². The van der Waals surface area contributed by atoms with E-state index < -0.39 is 28.5 Å². The lowest BCUT2D eigenvalue weighted by Crippen LogP contribution is -2.51. The van der Waals surface area contributed by atoms with Gasteiger partial charge in [0.15, 0.2) is 0 Å². The number of ether oxygens (including phenoxy) is 4. The summed E-state index contributed by atoms with van der Waals surface area (Å²) in [5.41, 5.74) is 15.2. The maximum Gasteiger partial charge on any atom is 0.416 e. The number of carbonyl (C=O) groups excluding carboxylic acids is 4. The highest BCUT2D eigenvalue weighted by atomic mass is 19.4. The van der Waals surface area contributed by atoms with E-state index in [2.05, 4.69) is 172 Å². The second-order valence-electron chi connectivity index (χ2n) is 37.3. The fourth-order valence-corrected chi connectivity index (χ4v) is 16.5. The van der Waals surface area contributed by atoms with Gasteiger partial charge in [-0.2, -0.15) is 23.7 Å². The molecule has 30 nitrogen and oxygen atoms in total. The van der Waals surface area contributed by atoms with Crippen LogP contribution < -0.4 is 45.8 Å². The number of alkyl halides is 3. The SMILES string of the molecule is Cc1ccc(NC(=O)c2cccc(C(F)(F)F)c2)cc1-c1ccnc(N2CCO[C@H](CO)C2)c1.Cc1ccc(NC(=O)c2ccnc(C(C)(C)C#N)c2)cc1-c1ccnc(N2C[C@@H](CN(C)C)OC[C@H]2C)c1.Cc1ccc(NC(=O)c2ccnc(C(C)(C)C#N)c2)cc1-c1ccnc(N2C[C@H](CN(C)C)OC[C@@H]2C)c1.Cc1ncc(NC(=O)c2cncc(N(C)C)c2)cc1-c1ccnc(N2CCOCC2)c1. The number of halogens is 3. The average Bonchev–Trinajstić information content (AvgIpc) is 0.759. The molecular formula is C108H122F3N21O9. The van der Waals surface area contributed by atoms with E-state index in [0.717, 1.165) is 147 Å². The number of hydrogen-bond donors (Lipinski definition) is 5. The summed E-state index contributed by atoms with van der Waals surface area (Å²) in [7, 11) is 12.0. The van der Waals surface area contributed by atoms with Gasteiger partial charge in [0.05, 0.1) is 139 Å². The number of nitriles is 2. The molecule has 4 aliphatic rings. The molecule has 5 atom stereocenters. The Hall–Kier alpha value is -14.6.